The molecule has 1 fully saturated rings. The quantitative estimate of drug-likeness (QED) is 0.725. The fourth-order valence-corrected chi connectivity index (χ4v) is 4.88. The van der Waals surface area contributed by atoms with Gasteiger partial charge in [-0.1, -0.05) is 30.6 Å². The Hall–Kier alpha value is -2.38. The predicted molar refractivity (Wildman–Crippen MR) is 112 cm³/mol. The number of nitrogens with one attached hydrogen (secondary N) is 2. The number of fused-ring (bicyclic) bond motifs is 1. The number of anilines is 1. The minimum Gasteiger partial charge on any atom is -0.370 e. The molecular weight excluding hydrogens is 360 g/mol. The summed E-state index contributed by atoms with van der Waals surface area (Å²) in [6.07, 6.45) is 1.89. The molecule has 0 saturated carbocycles. The first-order valence-corrected chi connectivity index (χ1v) is 10.1. The van der Waals surface area contributed by atoms with Crippen LogP contribution < -0.4 is 16.0 Å². The van der Waals surface area contributed by atoms with Gasteiger partial charge in [0, 0.05) is 30.4 Å². The molecule has 1 atom stereocenters. The average Bonchev–Trinajstić information content (AvgIpc) is 3.30. The third-order valence-corrected chi connectivity index (χ3v) is 6.43. The minimum absolute atomic E-state index is 0.241. The van der Waals surface area contributed by atoms with Crippen LogP contribution in [-0.2, 0) is 6.42 Å². The Morgan fingerprint density at radius 2 is 2.07 bits per heavy atom. The van der Waals surface area contributed by atoms with Gasteiger partial charge in [-0.15, -0.1) is 0 Å². The van der Waals surface area contributed by atoms with Gasteiger partial charge in [0.1, 0.15) is 5.39 Å². The van der Waals surface area contributed by atoms with Crippen molar-refractivity contribution in [3.8, 4) is 11.3 Å². The molecule has 7 heteroatoms. The zero-order chi connectivity index (χ0) is 19.1. The van der Waals surface area contributed by atoms with Gasteiger partial charge in [-0.3, -0.25) is 14.0 Å². The maximum absolute atomic E-state index is 12.5. The number of H-pyrrole nitrogens is 2. The Balaban J connectivity index is 1.79. The fourth-order valence-electron chi connectivity index (χ4n) is 3.93. The number of nitrogens with zero attached hydrogens (tertiary/aromatic N) is 2. The van der Waals surface area contributed by atoms with Crippen molar-refractivity contribution in [2.75, 3.05) is 32.1 Å². The van der Waals surface area contributed by atoms with E-state index in [0.717, 1.165) is 47.5 Å². The van der Waals surface area contributed by atoms with Crippen molar-refractivity contribution in [3.63, 3.8) is 0 Å². The average molecular weight is 385 g/mol. The molecule has 6 nitrogen and oxygen atoms in total. The van der Waals surface area contributed by atoms with E-state index in [1.54, 1.807) is 0 Å². The topological polar surface area (TPSA) is 72.2 Å². The summed E-state index contributed by atoms with van der Waals surface area (Å²) in [7, 11) is 4.25. The molecule has 1 unspecified atom stereocenters. The number of benzene rings is 1. The molecule has 0 bridgehead atoms. The highest BCUT2D eigenvalue weighted by molar-refractivity contribution is 7.13. The molecule has 2 N–H and O–H groups in total. The number of rotatable bonds is 4. The molecule has 2 aromatic heterocycles. The lowest BCUT2D eigenvalue weighted by molar-refractivity contribution is 0.315. The SMILES string of the molecule is CCc1c(-c2cccc(N3CCC(N(C)C)C3)c2)[nH]c(=O)c2c(=O)[nH]sc12. The number of hydrogen-bond acceptors (Lipinski definition) is 5. The van der Waals surface area contributed by atoms with Gasteiger partial charge in [0.2, 0.25) is 0 Å². The smallest absolute Gasteiger partial charge is 0.271 e. The first-order chi connectivity index (χ1) is 13.0. The molecule has 1 saturated heterocycles. The number of likely N-dealkylation sites (N-methyl/N-ethyl adjacent to an activating group) is 1. The van der Waals surface area contributed by atoms with Gasteiger partial charge in [-0.25, -0.2) is 0 Å². The van der Waals surface area contributed by atoms with E-state index in [0.29, 0.717) is 6.04 Å². The maximum Gasteiger partial charge on any atom is 0.271 e. The van der Waals surface area contributed by atoms with Crippen molar-refractivity contribution in [1.82, 2.24) is 14.3 Å². The number of aryl methyl sites for hydroxylation is 1. The lowest BCUT2D eigenvalue weighted by Crippen LogP contribution is -2.31. The number of aromatic amines is 2. The predicted octanol–water partition coefficient (Wildman–Crippen LogP) is 2.65. The highest BCUT2D eigenvalue weighted by atomic mass is 32.1. The van der Waals surface area contributed by atoms with Gasteiger partial charge in [-0.05, 0) is 44.6 Å². The highest BCUT2D eigenvalue weighted by Gasteiger charge is 2.24. The second kappa shape index (κ2) is 6.98. The number of hydrogen-bond donors (Lipinski definition) is 2. The van der Waals surface area contributed by atoms with E-state index in [2.05, 4.69) is 45.4 Å². The largest absolute Gasteiger partial charge is 0.370 e. The van der Waals surface area contributed by atoms with Gasteiger partial charge in [0.25, 0.3) is 11.1 Å². The van der Waals surface area contributed by atoms with Crippen molar-refractivity contribution >= 4 is 27.3 Å². The molecule has 3 aromatic rings. The van der Waals surface area contributed by atoms with Gasteiger partial charge in [0.15, 0.2) is 0 Å². The molecule has 1 aliphatic heterocycles. The van der Waals surface area contributed by atoms with Crippen LogP contribution in [0.5, 0.6) is 0 Å². The summed E-state index contributed by atoms with van der Waals surface area (Å²) in [6.45, 7) is 4.08. The summed E-state index contributed by atoms with van der Waals surface area (Å²) >= 11 is 1.25. The number of pyridine rings is 1. The van der Waals surface area contributed by atoms with E-state index >= 15 is 0 Å². The molecule has 0 radical (unpaired) electrons. The van der Waals surface area contributed by atoms with Crippen LogP contribution in [0.3, 0.4) is 0 Å². The van der Waals surface area contributed by atoms with E-state index in [1.807, 2.05) is 19.1 Å². The van der Waals surface area contributed by atoms with Crippen LogP contribution in [-0.4, -0.2) is 47.5 Å². The molecule has 3 heterocycles. The van der Waals surface area contributed by atoms with Crippen LogP contribution in [0.25, 0.3) is 21.3 Å². The normalized spacial score (nSPS) is 17.3. The Bertz CT molecular complexity index is 1100. The van der Waals surface area contributed by atoms with Crippen LogP contribution in [0.15, 0.2) is 33.9 Å². The summed E-state index contributed by atoms with van der Waals surface area (Å²) in [5.74, 6) is 0. The van der Waals surface area contributed by atoms with Crippen LogP contribution in [0.4, 0.5) is 5.69 Å². The summed E-state index contributed by atoms with van der Waals surface area (Å²) in [5.41, 5.74) is 3.35. The summed E-state index contributed by atoms with van der Waals surface area (Å²) < 4.78 is 3.46. The molecule has 0 amide bonds. The first kappa shape index (κ1) is 18.0. The Morgan fingerprint density at radius 1 is 1.26 bits per heavy atom. The molecule has 142 valence electrons. The lowest BCUT2D eigenvalue weighted by atomic mass is 10.0. The third kappa shape index (κ3) is 3.11. The van der Waals surface area contributed by atoms with Crippen molar-refractivity contribution in [1.29, 1.82) is 0 Å². The summed E-state index contributed by atoms with van der Waals surface area (Å²) in [6, 6.07) is 8.89. The maximum atomic E-state index is 12.5. The first-order valence-electron chi connectivity index (χ1n) is 9.27. The Kier molecular flexibility index (Phi) is 4.65. The van der Waals surface area contributed by atoms with E-state index < -0.39 is 0 Å². The third-order valence-electron chi connectivity index (χ3n) is 5.49. The van der Waals surface area contributed by atoms with Gasteiger partial charge in [0.05, 0.1) is 10.4 Å². The van der Waals surface area contributed by atoms with E-state index in [-0.39, 0.29) is 16.5 Å². The molecule has 4 rings (SSSR count). The summed E-state index contributed by atoms with van der Waals surface area (Å²) in [4.78, 5) is 32.1. The van der Waals surface area contributed by atoms with Crippen molar-refractivity contribution in [3.05, 3.63) is 50.5 Å². The van der Waals surface area contributed by atoms with Gasteiger partial charge >= 0.3 is 0 Å². The second-order valence-electron chi connectivity index (χ2n) is 7.30. The van der Waals surface area contributed by atoms with E-state index in [1.165, 1.54) is 17.2 Å². The Morgan fingerprint density at radius 3 is 2.78 bits per heavy atom. The lowest BCUT2D eigenvalue weighted by Gasteiger charge is -2.22. The minimum atomic E-state index is -0.320. The monoisotopic (exact) mass is 384 g/mol. The highest BCUT2D eigenvalue weighted by Crippen LogP contribution is 2.31. The van der Waals surface area contributed by atoms with Crippen LogP contribution in [0.2, 0.25) is 0 Å². The molecule has 0 spiro atoms. The molecular formula is C20H24N4O2S. The van der Waals surface area contributed by atoms with Crippen LogP contribution in [0.1, 0.15) is 18.9 Å². The van der Waals surface area contributed by atoms with Crippen LogP contribution >= 0.6 is 11.5 Å². The van der Waals surface area contributed by atoms with Crippen LogP contribution in [0, 0.1) is 0 Å². The van der Waals surface area contributed by atoms with Gasteiger partial charge < -0.3 is 14.8 Å². The second-order valence-corrected chi connectivity index (χ2v) is 8.12. The molecule has 1 aliphatic rings. The number of aromatic nitrogens is 2. The van der Waals surface area contributed by atoms with E-state index in [4.69, 9.17) is 0 Å². The molecule has 1 aromatic carbocycles. The van der Waals surface area contributed by atoms with E-state index in [9.17, 15) is 9.59 Å². The van der Waals surface area contributed by atoms with Gasteiger partial charge in [-0.2, -0.15) is 0 Å². The van der Waals surface area contributed by atoms with Crippen molar-refractivity contribution < 1.29 is 0 Å². The van der Waals surface area contributed by atoms with Crippen molar-refractivity contribution in [2.45, 2.75) is 25.8 Å². The molecule has 0 aliphatic carbocycles. The standard InChI is InChI=1S/C20H24N4O2S/c1-4-15-17(21-19(25)16-18(15)27-22-20(16)26)12-6-5-7-13(10-12)24-9-8-14(11-24)23(2)3/h5-7,10,14H,4,8-9,11H2,1-3H3,(H,21,25)(H,22,26). The Labute approximate surface area is 161 Å². The fraction of sp³-hybridized carbons (Fsp3) is 0.400. The zero-order valence-corrected chi connectivity index (χ0v) is 16.7. The van der Waals surface area contributed by atoms with Crippen molar-refractivity contribution in [2.24, 2.45) is 0 Å². The molecule has 27 heavy (non-hydrogen) atoms. The summed E-state index contributed by atoms with van der Waals surface area (Å²) in [5, 5.41) is 0.241. The zero-order valence-electron chi connectivity index (χ0n) is 15.8.